The number of para-hydroxylation sites is 1. The minimum absolute atomic E-state index is 0.00335. The molecule has 6 heterocycles. The number of carbonyl (C=O) groups excluding carboxylic acids is 3. The molecule has 7 aromatic rings. The number of aromatic nitrogens is 4. The number of nitrogens with one attached hydrogen (secondary N) is 2. The Labute approximate surface area is 447 Å². The van der Waals surface area contributed by atoms with Gasteiger partial charge in [-0.15, -0.1) is 0 Å². The molecule has 1 aliphatic carbocycles. The molecule has 2 atom stereocenters. The molecule has 3 N–H and O–H groups in total. The summed E-state index contributed by atoms with van der Waals surface area (Å²) in [6, 6.07) is 26.3. The van der Waals surface area contributed by atoms with Crippen molar-refractivity contribution in [1.29, 1.82) is 0 Å². The van der Waals surface area contributed by atoms with E-state index in [9.17, 15) is 37.5 Å². The molecule has 4 aromatic carbocycles. The number of pyridine rings is 1. The van der Waals surface area contributed by atoms with Gasteiger partial charge in [0.05, 0.1) is 33.4 Å². The number of carboxylic acids is 1. The first kappa shape index (κ1) is 51.7. The summed E-state index contributed by atoms with van der Waals surface area (Å²) < 4.78 is 53.4. The van der Waals surface area contributed by atoms with Crippen molar-refractivity contribution in [1.82, 2.24) is 30.0 Å². The van der Waals surface area contributed by atoms with E-state index in [4.69, 9.17) is 9.72 Å². The standard InChI is InChI=1S/C58H60F3N9O6S/c1-34-39(40-22-24-50(63-53(40)56(74)75)69-28-26-36-10-7-12-41(44(36)32-69)54(72)65-57-62-45-13-3-4-15-48(45)77-57)11-8-14-47(34)76-38-19-16-35(17-20-38)9-5-6-27-68-29-30-70(49(33-68)58(59,60)61)37-18-21-42-46(31-37)67(2)66-52(42)43-23-25-51(71)64-55(43)73/h3-4,7-8,10-15,18,21-22,24,31,35,38,43,49H,5-6,9,16-17,19-20,23,25-30,32-33H2,1-2H3,(H,74,75)(H,62,65,72)(H,64,71,73)/t35?,38?,43?,49-/m0/s1. The first-order valence-electron chi connectivity index (χ1n) is 26.5. The molecular formula is C58H60F3N9O6S. The second-order valence-corrected chi connectivity index (χ2v) is 21.9. The molecule has 400 valence electrons. The molecule has 3 fully saturated rings. The molecule has 1 saturated carbocycles. The number of hydrogen-bond donors (Lipinski definition) is 3. The van der Waals surface area contributed by atoms with Crippen molar-refractivity contribution >= 4 is 72.8 Å². The minimum atomic E-state index is -4.44. The Morgan fingerprint density at radius 2 is 1.70 bits per heavy atom. The van der Waals surface area contributed by atoms with E-state index in [1.807, 2.05) is 83.5 Å². The van der Waals surface area contributed by atoms with Crippen LogP contribution in [0.3, 0.4) is 0 Å². The third-order valence-corrected chi connectivity index (χ3v) is 17.0. The van der Waals surface area contributed by atoms with Crippen LogP contribution in [0.5, 0.6) is 5.75 Å². The molecule has 3 amide bonds. The molecule has 0 radical (unpaired) electrons. The summed E-state index contributed by atoms with van der Waals surface area (Å²) in [5.74, 6) is -1.02. The zero-order chi connectivity index (χ0) is 53.5. The number of piperazine rings is 1. The average molecular weight is 1070 g/mol. The van der Waals surface area contributed by atoms with Gasteiger partial charge in [-0.1, -0.05) is 60.6 Å². The average Bonchev–Trinajstić information content (AvgIpc) is 4.10. The van der Waals surface area contributed by atoms with Crippen molar-refractivity contribution in [2.24, 2.45) is 13.0 Å². The van der Waals surface area contributed by atoms with Crippen LogP contribution in [-0.2, 0) is 29.6 Å². The topological polar surface area (TPSA) is 175 Å². The molecule has 15 nitrogen and oxygen atoms in total. The number of thiazole rings is 1. The van der Waals surface area contributed by atoms with E-state index < -0.39 is 30.0 Å². The number of nitrogens with zero attached hydrogens (tertiary/aromatic N) is 7. The number of aryl methyl sites for hydroxylation is 1. The van der Waals surface area contributed by atoms with Crippen molar-refractivity contribution in [3.63, 3.8) is 0 Å². The lowest BCUT2D eigenvalue weighted by Crippen LogP contribution is -2.59. The number of alkyl halides is 3. The van der Waals surface area contributed by atoms with Gasteiger partial charge in [-0.25, -0.2) is 14.8 Å². The van der Waals surface area contributed by atoms with E-state index in [1.54, 1.807) is 36.0 Å². The number of carbonyl (C=O) groups is 4. The van der Waals surface area contributed by atoms with Crippen LogP contribution in [0.15, 0.2) is 91.0 Å². The fourth-order valence-corrected chi connectivity index (χ4v) is 12.8. The van der Waals surface area contributed by atoms with Crippen molar-refractivity contribution in [2.75, 3.05) is 47.8 Å². The number of halogens is 3. The van der Waals surface area contributed by atoms with Gasteiger partial charge in [0, 0.05) is 68.4 Å². The van der Waals surface area contributed by atoms with Crippen molar-refractivity contribution < 1.29 is 42.2 Å². The maximum atomic E-state index is 14.7. The smallest absolute Gasteiger partial charge is 0.409 e. The molecule has 77 heavy (non-hydrogen) atoms. The van der Waals surface area contributed by atoms with Crippen LogP contribution in [0.1, 0.15) is 107 Å². The van der Waals surface area contributed by atoms with Gasteiger partial charge in [-0.3, -0.25) is 34.6 Å². The molecule has 0 spiro atoms. The highest BCUT2D eigenvalue weighted by molar-refractivity contribution is 7.22. The number of aromatic carboxylic acids is 1. The molecule has 19 heteroatoms. The second-order valence-electron chi connectivity index (χ2n) is 20.9. The highest BCUT2D eigenvalue weighted by atomic mass is 32.1. The zero-order valence-electron chi connectivity index (χ0n) is 42.9. The Kier molecular flexibility index (Phi) is 14.5. The molecule has 11 rings (SSSR count). The van der Waals surface area contributed by atoms with E-state index in [1.165, 1.54) is 16.2 Å². The van der Waals surface area contributed by atoms with E-state index in [0.29, 0.717) is 95.0 Å². The number of rotatable bonds is 14. The maximum absolute atomic E-state index is 14.7. The predicted octanol–water partition coefficient (Wildman–Crippen LogP) is 10.4. The third kappa shape index (κ3) is 10.8. The van der Waals surface area contributed by atoms with Crippen molar-refractivity contribution in [3.8, 4) is 16.9 Å². The molecule has 3 aromatic heterocycles. The van der Waals surface area contributed by atoms with Crippen LogP contribution in [0.4, 0.5) is 29.8 Å². The summed E-state index contributed by atoms with van der Waals surface area (Å²) in [5, 5.41) is 21.7. The molecule has 4 aliphatic rings. The van der Waals surface area contributed by atoms with Gasteiger partial charge in [-0.05, 0) is 141 Å². The Hall–Kier alpha value is -7.38. The lowest BCUT2D eigenvalue weighted by molar-refractivity contribution is -0.156. The monoisotopic (exact) mass is 1070 g/mol. The van der Waals surface area contributed by atoms with Gasteiger partial charge in [-0.2, -0.15) is 18.3 Å². The molecule has 0 bridgehead atoms. The molecular weight excluding hydrogens is 1010 g/mol. The number of unbranched alkanes of at least 4 members (excludes halogenated alkanes) is 1. The van der Waals surface area contributed by atoms with E-state index in [-0.39, 0.29) is 43.1 Å². The fraction of sp³-hybridized carbons (Fsp3) is 0.397. The van der Waals surface area contributed by atoms with E-state index in [2.05, 4.69) is 20.7 Å². The highest BCUT2D eigenvalue weighted by Crippen LogP contribution is 2.39. The number of ether oxygens (including phenoxy) is 1. The molecule has 2 saturated heterocycles. The Morgan fingerprint density at radius 3 is 2.49 bits per heavy atom. The number of amides is 3. The van der Waals surface area contributed by atoms with Gasteiger partial charge in [0.2, 0.25) is 11.8 Å². The summed E-state index contributed by atoms with van der Waals surface area (Å²) in [5.41, 5.74) is 6.87. The van der Waals surface area contributed by atoms with Gasteiger partial charge < -0.3 is 19.6 Å². The number of piperidine rings is 1. The highest BCUT2D eigenvalue weighted by Gasteiger charge is 2.47. The predicted molar refractivity (Wildman–Crippen MR) is 290 cm³/mol. The molecule has 3 aliphatic heterocycles. The summed E-state index contributed by atoms with van der Waals surface area (Å²) in [6.45, 7) is 4.12. The van der Waals surface area contributed by atoms with E-state index in [0.717, 1.165) is 77.4 Å². The summed E-state index contributed by atoms with van der Waals surface area (Å²) in [6.07, 6.45) is 3.19. The summed E-state index contributed by atoms with van der Waals surface area (Å²) in [7, 11) is 1.71. The quantitative estimate of drug-likeness (QED) is 0.0696. The van der Waals surface area contributed by atoms with Crippen molar-refractivity contribution in [2.45, 2.75) is 102 Å². The Morgan fingerprint density at radius 1 is 0.883 bits per heavy atom. The summed E-state index contributed by atoms with van der Waals surface area (Å²) in [4.78, 5) is 65.6. The first-order chi connectivity index (χ1) is 37.1. The van der Waals surface area contributed by atoms with Gasteiger partial charge in [0.1, 0.15) is 17.6 Å². The SMILES string of the molecule is Cc1c(OC2CCC(CCCCN3CCN(c4ccc5c(C6CCC(=O)NC6=O)nn(C)c5c4)[C@H](C(F)(F)F)C3)CC2)cccc1-c1ccc(N2CCc3cccc(C(=O)Nc4nc5ccccc5s4)c3C2)nc1C(=O)O. The second kappa shape index (κ2) is 21.6. The van der Waals surface area contributed by atoms with E-state index >= 15 is 0 Å². The number of fused-ring (bicyclic) bond motifs is 3. The third-order valence-electron chi connectivity index (χ3n) is 16.0. The number of imide groups is 1. The minimum Gasteiger partial charge on any atom is -0.490 e. The van der Waals surface area contributed by atoms with Crippen LogP contribution < -0.4 is 25.2 Å². The summed E-state index contributed by atoms with van der Waals surface area (Å²) >= 11 is 1.42. The van der Waals surface area contributed by atoms with Crippen LogP contribution in [-0.4, -0.2) is 104 Å². The zero-order valence-corrected chi connectivity index (χ0v) is 43.8. The van der Waals surface area contributed by atoms with Crippen LogP contribution in [0.25, 0.3) is 32.2 Å². The normalized spacial score (nSPS) is 20.3. The van der Waals surface area contributed by atoms with Crippen LogP contribution in [0, 0.1) is 12.8 Å². The van der Waals surface area contributed by atoms with Crippen LogP contribution >= 0.6 is 11.3 Å². The Balaban J connectivity index is 0.668. The number of hydrogen-bond acceptors (Lipinski definition) is 12. The fourth-order valence-electron chi connectivity index (χ4n) is 11.9. The molecule has 1 unspecified atom stereocenters. The van der Waals surface area contributed by atoms with Gasteiger partial charge in [0.15, 0.2) is 10.8 Å². The number of benzene rings is 4. The van der Waals surface area contributed by atoms with Crippen LogP contribution in [0.2, 0.25) is 0 Å². The number of anilines is 3. The lowest BCUT2D eigenvalue weighted by Gasteiger charge is -2.43. The largest absolute Gasteiger partial charge is 0.490 e. The maximum Gasteiger partial charge on any atom is 0.409 e. The first-order valence-corrected chi connectivity index (χ1v) is 27.4. The van der Waals surface area contributed by atoms with Gasteiger partial charge in [0.25, 0.3) is 5.91 Å². The Bertz CT molecular complexity index is 3370. The van der Waals surface area contributed by atoms with Crippen molar-refractivity contribution in [3.05, 3.63) is 125 Å². The van der Waals surface area contributed by atoms with Gasteiger partial charge >= 0.3 is 12.1 Å². The number of carboxylic acid groups (broad SMARTS) is 1. The lowest BCUT2D eigenvalue weighted by atomic mass is 9.84.